The van der Waals surface area contributed by atoms with Crippen LogP contribution in [0.2, 0.25) is 0 Å². The first-order chi connectivity index (χ1) is 11.9. The fraction of sp³-hybridized carbons (Fsp3) is 0.235. The van der Waals surface area contributed by atoms with Crippen molar-refractivity contribution in [1.29, 1.82) is 0 Å². The second-order valence-corrected chi connectivity index (χ2v) is 6.63. The number of nitrogens with one attached hydrogen (secondary N) is 2. The zero-order valence-corrected chi connectivity index (χ0v) is 14.5. The minimum atomic E-state index is -0.821. The van der Waals surface area contributed by atoms with Crippen LogP contribution in [0.1, 0.15) is 20.8 Å². The highest BCUT2D eigenvalue weighted by atomic mass is 32.1. The first-order valence-electron chi connectivity index (χ1n) is 7.63. The number of H-pyrrole nitrogens is 1. The number of alkyl halides is 1. The van der Waals surface area contributed by atoms with Gasteiger partial charge in [0.25, 0.3) is 11.5 Å². The summed E-state index contributed by atoms with van der Waals surface area (Å²) in [5, 5.41) is 3.06. The number of amides is 1. The summed E-state index contributed by atoms with van der Waals surface area (Å²) in [5.41, 5.74) is 0.795. The lowest BCUT2D eigenvalue weighted by atomic mass is 10.2. The molecule has 0 bridgehead atoms. The van der Waals surface area contributed by atoms with Crippen molar-refractivity contribution >= 4 is 33.1 Å². The van der Waals surface area contributed by atoms with Gasteiger partial charge in [0.1, 0.15) is 11.5 Å². The van der Waals surface area contributed by atoms with Gasteiger partial charge in [-0.1, -0.05) is 18.2 Å². The molecule has 1 aromatic carbocycles. The number of aromatic amines is 1. The minimum absolute atomic E-state index is 0.244. The van der Waals surface area contributed by atoms with Gasteiger partial charge in [-0.2, -0.15) is 0 Å². The summed E-state index contributed by atoms with van der Waals surface area (Å²) >= 11 is 1.04. The maximum absolute atomic E-state index is 12.6. The van der Waals surface area contributed by atoms with Gasteiger partial charge in [0.15, 0.2) is 0 Å². The van der Waals surface area contributed by atoms with E-state index >= 15 is 0 Å². The third-order valence-corrected chi connectivity index (χ3v) is 5.19. The van der Waals surface area contributed by atoms with Crippen molar-refractivity contribution < 1.29 is 9.18 Å². The van der Waals surface area contributed by atoms with E-state index in [1.54, 1.807) is 13.0 Å². The summed E-state index contributed by atoms with van der Waals surface area (Å²) in [5.74, 6) is -0.356. The molecule has 0 atom stereocenters. The molecule has 0 saturated carbocycles. The number of nitrogens with zero attached hydrogens (tertiary/aromatic N) is 1. The summed E-state index contributed by atoms with van der Waals surface area (Å²) in [4.78, 5) is 40.2. The quantitative estimate of drug-likeness (QED) is 0.749. The van der Waals surface area contributed by atoms with Crippen molar-refractivity contribution in [2.24, 2.45) is 0 Å². The molecule has 0 fully saturated rings. The summed E-state index contributed by atoms with van der Waals surface area (Å²) in [6.07, 6.45) is 0. The molecule has 25 heavy (non-hydrogen) atoms. The summed E-state index contributed by atoms with van der Waals surface area (Å²) < 4.78 is 13.4. The van der Waals surface area contributed by atoms with Crippen LogP contribution in [-0.4, -0.2) is 22.1 Å². The fourth-order valence-electron chi connectivity index (χ4n) is 2.65. The highest BCUT2D eigenvalue weighted by Crippen LogP contribution is 2.27. The molecule has 2 aromatic heterocycles. The molecule has 0 aliphatic heterocycles. The molecule has 2 heterocycles. The van der Waals surface area contributed by atoms with Crippen molar-refractivity contribution in [2.45, 2.75) is 20.4 Å². The molecule has 0 saturated heterocycles. The molecule has 130 valence electrons. The first-order valence-corrected chi connectivity index (χ1v) is 8.45. The number of hydrogen-bond donors (Lipinski definition) is 2. The van der Waals surface area contributed by atoms with Crippen LogP contribution >= 0.6 is 11.3 Å². The van der Waals surface area contributed by atoms with E-state index in [0.717, 1.165) is 21.5 Å². The van der Waals surface area contributed by atoms with E-state index in [1.807, 2.05) is 25.1 Å². The van der Waals surface area contributed by atoms with Gasteiger partial charge in [0.2, 0.25) is 0 Å². The van der Waals surface area contributed by atoms with Gasteiger partial charge in [-0.25, -0.2) is 9.18 Å². The predicted molar refractivity (Wildman–Crippen MR) is 96.5 cm³/mol. The van der Waals surface area contributed by atoms with Gasteiger partial charge in [0.05, 0.1) is 16.8 Å². The maximum Gasteiger partial charge on any atom is 0.329 e. The number of carbonyl (C=O) groups excluding carboxylic acids is 1. The zero-order valence-electron chi connectivity index (χ0n) is 13.7. The third-order valence-electron chi connectivity index (χ3n) is 3.98. The Kier molecular flexibility index (Phi) is 4.54. The van der Waals surface area contributed by atoms with Crippen LogP contribution in [-0.2, 0) is 6.54 Å². The van der Waals surface area contributed by atoms with E-state index in [9.17, 15) is 18.8 Å². The Bertz CT molecular complexity index is 1080. The maximum atomic E-state index is 12.6. The van der Waals surface area contributed by atoms with Gasteiger partial charge >= 0.3 is 5.69 Å². The second-order valence-electron chi connectivity index (χ2n) is 5.61. The van der Waals surface area contributed by atoms with Crippen LogP contribution in [0, 0.1) is 13.8 Å². The van der Waals surface area contributed by atoms with Gasteiger partial charge in [0, 0.05) is 5.69 Å². The van der Waals surface area contributed by atoms with Gasteiger partial charge in [-0.15, -0.1) is 11.3 Å². The molecule has 2 N–H and O–H groups in total. The number of para-hydroxylation sites is 1. The number of fused-ring (bicyclic) bond motifs is 1. The van der Waals surface area contributed by atoms with Crippen LogP contribution in [0.4, 0.5) is 10.1 Å². The summed E-state index contributed by atoms with van der Waals surface area (Å²) in [7, 11) is 0. The topological polar surface area (TPSA) is 84.0 Å². The van der Waals surface area contributed by atoms with Crippen molar-refractivity contribution in [3.63, 3.8) is 0 Å². The van der Waals surface area contributed by atoms with Crippen molar-refractivity contribution in [1.82, 2.24) is 9.55 Å². The number of aryl methyl sites for hydroxylation is 2. The van der Waals surface area contributed by atoms with Crippen LogP contribution in [0.15, 0.2) is 33.9 Å². The highest BCUT2D eigenvalue weighted by Gasteiger charge is 2.20. The normalized spacial score (nSPS) is 11.0. The average Bonchev–Trinajstić information content (AvgIpc) is 2.90. The molecule has 0 spiro atoms. The molecule has 0 radical (unpaired) electrons. The number of anilines is 1. The highest BCUT2D eigenvalue weighted by molar-refractivity contribution is 7.20. The Balaban J connectivity index is 2.09. The number of halogens is 1. The monoisotopic (exact) mass is 361 g/mol. The Labute approximate surface area is 145 Å². The van der Waals surface area contributed by atoms with E-state index in [1.165, 1.54) is 0 Å². The Morgan fingerprint density at radius 3 is 2.68 bits per heavy atom. The van der Waals surface area contributed by atoms with Crippen LogP contribution in [0.3, 0.4) is 0 Å². The smallest absolute Gasteiger partial charge is 0.321 e. The van der Waals surface area contributed by atoms with Crippen LogP contribution in [0.25, 0.3) is 10.2 Å². The zero-order chi connectivity index (χ0) is 18.1. The molecule has 3 rings (SSSR count). The van der Waals surface area contributed by atoms with E-state index in [2.05, 4.69) is 10.3 Å². The minimum Gasteiger partial charge on any atom is -0.321 e. The first kappa shape index (κ1) is 17.1. The fourth-order valence-corrected chi connectivity index (χ4v) is 3.73. The van der Waals surface area contributed by atoms with Crippen molar-refractivity contribution in [2.75, 3.05) is 12.0 Å². The lowest BCUT2D eigenvalue weighted by Crippen LogP contribution is -2.35. The molecular weight excluding hydrogens is 345 g/mol. The van der Waals surface area contributed by atoms with E-state index in [0.29, 0.717) is 21.0 Å². The SMILES string of the molecule is Cc1ccccc1NC(=O)c1sc2[nH]c(=O)n(CCF)c(=O)c2c1C. The summed E-state index contributed by atoms with van der Waals surface area (Å²) in [6.45, 7) is 2.38. The van der Waals surface area contributed by atoms with Gasteiger partial charge < -0.3 is 5.32 Å². The molecule has 8 heteroatoms. The van der Waals surface area contributed by atoms with Crippen LogP contribution in [0.5, 0.6) is 0 Å². The molecule has 0 unspecified atom stereocenters. The molecular formula is C17H16FN3O3S. The van der Waals surface area contributed by atoms with E-state index in [-0.39, 0.29) is 17.8 Å². The molecule has 6 nitrogen and oxygen atoms in total. The molecule has 0 aliphatic carbocycles. The average molecular weight is 361 g/mol. The largest absolute Gasteiger partial charge is 0.329 e. The van der Waals surface area contributed by atoms with E-state index < -0.39 is 17.9 Å². The summed E-state index contributed by atoms with van der Waals surface area (Å²) in [6, 6.07) is 7.34. The second kappa shape index (κ2) is 6.64. The number of carbonyl (C=O) groups is 1. The Morgan fingerprint density at radius 2 is 2.00 bits per heavy atom. The van der Waals surface area contributed by atoms with Gasteiger partial charge in [-0.05, 0) is 31.0 Å². The third kappa shape index (κ3) is 3.00. The lowest BCUT2D eigenvalue weighted by Gasteiger charge is -2.07. The van der Waals surface area contributed by atoms with Crippen molar-refractivity contribution in [3.8, 4) is 0 Å². The lowest BCUT2D eigenvalue weighted by molar-refractivity contribution is 0.103. The van der Waals surface area contributed by atoms with Gasteiger partial charge in [-0.3, -0.25) is 19.1 Å². The molecule has 0 aliphatic rings. The van der Waals surface area contributed by atoms with Crippen LogP contribution < -0.4 is 16.6 Å². The Morgan fingerprint density at radius 1 is 1.28 bits per heavy atom. The standard InChI is InChI=1S/C17H16FN3O3S/c1-9-5-3-4-6-11(9)19-14(22)13-10(2)12-15(25-13)20-17(24)21(8-7-18)16(12)23/h3-6H,7-8H2,1-2H3,(H,19,22)(H,20,24). The number of benzene rings is 1. The molecule has 3 aromatic rings. The predicted octanol–water partition coefficient (Wildman–Crippen LogP) is 2.59. The number of hydrogen-bond acceptors (Lipinski definition) is 4. The number of thiophene rings is 1. The number of aromatic nitrogens is 2. The van der Waals surface area contributed by atoms with Crippen molar-refractivity contribution in [3.05, 3.63) is 61.1 Å². The number of rotatable bonds is 4. The Hall–Kier alpha value is -2.74. The molecule has 1 amide bonds. The van der Waals surface area contributed by atoms with E-state index in [4.69, 9.17) is 0 Å².